The first-order chi connectivity index (χ1) is 11.3. The molecule has 0 fully saturated rings. The van der Waals surface area contributed by atoms with Crippen molar-refractivity contribution in [3.8, 4) is 11.5 Å². The van der Waals surface area contributed by atoms with E-state index in [0.717, 1.165) is 33.4 Å². The normalized spacial score (nSPS) is 11.8. The van der Waals surface area contributed by atoms with Crippen molar-refractivity contribution in [1.29, 1.82) is 0 Å². The van der Waals surface area contributed by atoms with Crippen molar-refractivity contribution in [2.24, 2.45) is 0 Å². The fourth-order valence-electron chi connectivity index (χ4n) is 3.14. The molecular weight excluding hydrogens is 356 g/mol. The molecule has 0 saturated heterocycles. The van der Waals surface area contributed by atoms with Crippen LogP contribution in [0.25, 0.3) is 0 Å². The van der Waals surface area contributed by atoms with Gasteiger partial charge in [-0.15, -0.1) is 18.6 Å². The molecule has 0 unspecified atom stereocenters. The number of phenols is 2. The Balaban J connectivity index is 0.00000338. The topological polar surface area (TPSA) is 40.5 Å². The van der Waals surface area contributed by atoms with Gasteiger partial charge in [0.05, 0.1) is 11.5 Å². The smallest absolute Gasteiger partial charge is 0.0598 e. The van der Waals surface area contributed by atoms with Gasteiger partial charge in [0.2, 0.25) is 0 Å². The molecule has 0 aliphatic carbocycles. The molecule has 2 N–H and O–H groups in total. The molecule has 0 bridgehead atoms. The van der Waals surface area contributed by atoms with E-state index in [0.29, 0.717) is 0 Å². The van der Waals surface area contributed by atoms with Crippen molar-refractivity contribution >= 4 is 0 Å². The van der Waals surface area contributed by atoms with Crippen molar-refractivity contribution in [3.63, 3.8) is 0 Å². The second-order valence-electron chi connectivity index (χ2n) is 9.14. The zero-order valence-electron chi connectivity index (χ0n) is 17.3. The Kier molecular flexibility index (Phi) is 6.71. The molecule has 0 aliphatic rings. The van der Waals surface area contributed by atoms with E-state index in [9.17, 15) is 10.2 Å². The average molecular weight is 387 g/mol. The molecule has 0 heterocycles. The van der Waals surface area contributed by atoms with Crippen LogP contribution in [0.1, 0.15) is 74.9 Å². The average Bonchev–Trinajstić information content (AvgIpc) is 2.43. The molecule has 0 saturated carbocycles. The maximum atomic E-state index is 10.8. The van der Waals surface area contributed by atoms with E-state index in [1.165, 1.54) is 0 Å². The second kappa shape index (κ2) is 7.70. The monoisotopic (exact) mass is 387 g/mol. The van der Waals surface area contributed by atoms with E-state index < -0.39 is 0 Å². The Labute approximate surface area is 173 Å². The standard InChI is InChI=1S/C23H31O2.Ti/c1-14-9-16(20(24)18(11-14)22(3,4)5)13-17-10-15(2)12-19(21(17)25)23(6,7)8;/h9-13,24-25H,1-8H3;/q-1;. The first-order valence-electron chi connectivity index (χ1n) is 8.83. The molecule has 0 aromatic heterocycles. The maximum absolute atomic E-state index is 10.8. The fourth-order valence-corrected chi connectivity index (χ4v) is 3.14. The van der Waals surface area contributed by atoms with Gasteiger partial charge in [-0.2, -0.15) is 0 Å². The van der Waals surface area contributed by atoms with Gasteiger partial charge in [-0.05, 0) is 35.8 Å². The minimum Gasteiger partial charge on any atom is -0.542 e. The van der Waals surface area contributed by atoms with Crippen LogP contribution in [0.3, 0.4) is 0 Å². The summed E-state index contributed by atoms with van der Waals surface area (Å²) in [6.45, 7) is 16.6. The molecule has 0 radical (unpaired) electrons. The molecule has 0 amide bonds. The summed E-state index contributed by atoms with van der Waals surface area (Å²) in [6.07, 6.45) is 1.88. The van der Waals surface area contributed by atoms with Gasteiger partial charge in [-0.3, -0.25) is 0 Å². The summed E-state index contributed by atoms with van der Waals surface area (Å²) < 4.78 is 0. The summed E-state index contributed by atoms with van der Waals surface area (Å²) in [7, 11) is 0. The van der Waals surface area contributed by atoms with Gasteiger partial charge < -0.3 is 10.2 Å². The van der Waals surface area contributed by atoms with E-state index in [4.69, 9.17) is 0 Å². The van der Waals surface area contributed by atoms with Crippen molar-refractivity contribution in [2.45, 2.75) is 66.2 Å². The van der Waals surface area contributed by atoms with Crippen LogP contribution in [0.2, 0.25) is 0 Å². The van der Waals surface area contributed by atoms with Crippen molar-refractivity contribution in [1.82, 2.24) is 0 Å². The fraction of sp³-hybridized carbons (Fsp3) is 0.435. The largest absolute Gasteiger partial charge is 0.542 e. The van der Waals surface area contributed by atoms with Crippen LogP contribution in [0.4, 0.5) is 0 Å². The van der Waals surface area contributed by atoms with Crippen molar-refractivity contribution < 1.29 is 31.9 Å². The minimum absolute atomic E-state index is 0. The third kappa shape index (κ3) is 4.87. The summed E-state index contributed by atoms with van der Waals surface area (Å²) in [5.74, 6) is 0.577. The Morgan fingerprint density at radius 1 is 0.654 bits per heavy atom. The molecule has 2 rings (SSSR count). The van der Waals surface area contributed by atoms with Gasteiger partial charge in [0.25, 0.3) is 0 Å². The van der Waals surface area contributed by atoms with E-state index in [1.807, 2.05) is 44.5 Å². The van der Waals surface area contributed by atoms with Crippen LogP contribution >= 0.6 is 0 Å². The number of phenolic OH excluding ortho intramolecular Hbond substituents is 2. The van der Waals surface area contributed by atoms with Gasteiger partial charge in [0.1, 0.15) is 0 Å². The third-order valence-electron chi connectivity index (χ3n) is 4.49. The van der Waals surface area contributed by atoms with Gasteiger partial charge in [-0.1, -0.05) is 75.9 Å². The maximum Gasteiger partial charge on any atom is 0.0598 e. The number of aryl methyl sites for hydroxylation is 2. The minimum atomic E-state index is -0.149. The zero-order chi connectivity index (χ0) is 19.2. The molecule has 0 atom stereocenters. The van der Waals surface area contributed by atoms with Crippen LogP contribution < -0.4 is 0 Å². The van der Waals surface area contributed by atoms with Crippen molar-refractivity contribution in [2.75, 3.05) is 0 Å². The van der Waals surface area contributed by atoms with Crippen LogP contribution in [-0.2, 0) is 32.5 Å². The summed E-state index contributed by atoms with van der Waals surface area (Å²) >= 11 is 0. The molecular formula is C23H31O2Ti-. The summed E-state index contributed by atoms with van der Waals surface area (Å²) in [6, 6.07) is 7.99. The molecule has 2 nitrogen and oxygen atoms in total. The van der Waals surface area contributed by atoms with E-state index in [-0.39, 0.29) is 44.0 Å². The molecule has 26 heavy (non-hydrogen) atoms. The number of benzene rings is 2. The first kappa shape index (κ1) is 22.7. The van der Waals surface area contributed by atoms with Crippen LogP contribution in [-0.4, -0.2) is 10.2 Å². The van der Waals surface area contributed by atoms with E-state index >= 15 is 0 Å². The Bertz CT molecular complexity index is 726. The molecule has 3 heteroatoms. The Hall–Kier alpha value is -1.38. The van der Waals surface area contributed by atoms with Crippen LogP contribution in [0.15, 0.2) is 24.3 Å². The van der Waals surface area contributed by atoms with E-state index in [2.05, 4.69) is 41.5 Å². The zero-order valence-corrected chi connectivity index (χ0v) is 18.8. The van der Waals surface area contributed by atoms with Crippen LogP contribution in [0.5, 0.6) is 11.5 Å². The van der Waals surface area contributed by atoms with E-state index in [1.54, 1.807) is 0 Å². The summed E-state index contributed by atoms with van der Waals surface area (Å²) in [5.41, 5.74) is 5.21. The first-order valence-corrected chi connectivity index (χ1v) is 8.83. The third-order valence-corrected chi connectivity index (χ3v) is 4.49. The second-order valence-corrected chi connectivity index (χ2v) is 9.14. The van der Waals surface area contributed by atoms with Crippen molar-refractivity contribution in [3.05, 3.63) is 64.1 Å². The molecule has 2 aromatic rings. The predicted octanol–water partition coefficient (Wildman–Crippen LogP) is 5.91. The van der Waals surface area contributed by atoms with Gasteiger partial charge in [0.15, 0.2) is 0 Å². The molecule has 140 valence electrons. The number of aromatic hydroxyl groups is 2. The SMILES string of the molecule is Cc1cc([CH-]c2cc(C)cc(C(C)(C)C)c2O)c(O)c(C(C)(C)C)c1.[Ti]. The summed E-state index contributed by atoms with van der Waals surface area (Å²) in [4.78, 5) is 0. The Morgan fingerprint density at radius 2 is 0.962 bits per heavy atom. The summed E-state index contributed by atoms with van der Waals surface area (Å²) in [5, 5.41) is 21.6. The quantitative estimate of drug-likeness (QED) is 0.497. The van der Waals surface area contributed by atoms with Crippen LogP contribution in [0, 0.1) is 20.3 Å². The number of rotatable bonds is 2. The Morgan fingerprint density at radius 3 is 1.23 bits per heavy atom. The van der Waals surface area contributed by atoms with Gasteiger partial charge in [-0.25, -0.2) is 0 Å². The van der Waals surface area contributed by atoms with Gasteiger partial charge >= 0.3 is 0 Å². The number of hydrogen-bond acceptors (Lipinski definition) is 2. The van der Waals surface area contributed by atoms with Gasteiger partial charge in [0, 0.05) is 21.7 Å². The number of hydrogen-bond donors (Lipinski definition) is 2. The molecule has 0 aliphatic heterocycles. The molecule has 2 aromatic carbocycles. The predicted molar refractivity (Wildman–Crippen MR) is 106 cm³/mol. The molecule has 0 spiro atoms.